The number of methoxy groups -OCH3 is 1. The zero-order chi connectivity index (χ0) is 22.5. The standard InChI is InChI=1S/C21H23ClN4O4S.ClH/c1-4-24(5-2)11-12-25(20(27)15-13-14(22)9-10-16(15)26(28)29)21-23-19-17(30-3)7-6-8-18(19)31-21;/h6-10,13H,4-5,11-12H2,1-3H3;1H. The third-order valence-corrected chi connectivity index (χ3v) is 6.27. The van der Waals surface area contributed by atoms with Gasteiger partial charge >= 0.3 is 0 Å². The van der Waals surface area contributed by atoms with Crippen LogP contribution < -0.4 is 9.64 Å². The van der Waals surface area contributed by atoms with Crippen molar-refractivity contribution in [2.45, 2.75) is 13.8 Å². The molecule has 0 bridgehead atoms. The SMILES string of the molecule is CCN(CC)CCN(C(=O)c1cc(Cl)ccc1[N+](=O)[O-])c1nc2c(OC)cccc2s1.Cl. The summed E-state index contributed by atoms with van der Waals surface area (Å²) in [7, 11) is 1.56. The normalized spacial score (nSPS) is 10.8. The van der Waals surface area contributed by atoms with Crippen LogP contribution >= 0.6 is 35.3 Å². The quantitative estimate of drug-likeness (QED) is 0.294. The highest BCUT2D eigenvalue weighted by atomic mass is 35.5. The number of thiazole rings is 1. The average molecular weight is 499 g/mol. The van der Waals surface area contributed by atoms with E-state index in [1.165, 1.54) is 34.4 Å². The Balaban J connectivity index is 0.00000363. The Labute approximate surface area is 201 Å². The maximum Gasteiger partial charge on any atom is 0.282 e. The highest BCUT2D eigenvalue weighted by Crippen LogP contribution is 2.35. The van der Waals surface area contributed by atoms with Crippen molar-refractivity contribution in [2.75, 3.05) is 38.2 Å². The molecule has 11 heteroatoms. The molecule has 0 N–H and O–H groups in total. The second-order valence-electron chi connectivity index (χ2n) is 6.71. The number of hydrogen-bond acceptors (Lipinski definition) is 7. The highest BCUT2D eigenvalue weighted by Gasteiger charge is 2.28. The lowest BCUT2D eigenvalue weighted by molar-refractivity contribution is -0.385. The van der Waals surface area contributed by atoms with Gasteiger partial charge in [-0.2, -0.15) is 0 Å². The van der Waals surface area contributed by atoms with Gasteiger partial charge in [-0.25, -0.2) is 4.98 Å². The minimum Gasteiger partial charge on any atom is -0.494 e. The van der Waals surface area contributed by atoms with Gasteiger partial charge in [0.2, 0.25) is 0 Å². The molecule has 0 atom stereocenters. The van der Waals surface area contributed by atoms with E-state index in [1.54, 1.807) is 13.2 Å². The van der Waals surface area contributed by atoms with Crippen LogP contribution in [0.25, 0.3) is 10.2 Å². The largest absolute Gasteiger partial charge is 0.494 e. The van der Waals surface area contributed by atoms with Crippen LogP contribution in [0.3, 0.4) is 0 Å². The minimum atomic E-state index is -0.576. The molecule has 0 unspecified atom stereocenters. The molecule has 8 nitrogen and oxygen atoms in total. The number of hydrogen-bond donors (Lipinski definition) is 0. The van der Waals surface area contributed by atoms with E-state index in [9.17, 15) is 14.9 Å². The number of aromatic nitrogens is 1. The lowest BCUT2D eigenvalue weighted by Crippen LogP contribution is -2.39. The third-order valence-electron chi connectivity index (χ3n) is 4.99. The molecular formula is C21H24Cl2N4O4S. The summed E-state index contributed by atoms with van der Waals surface area (Å²) < 4.78 is 6.25. The van der Waals surface area contributed by atoms with Crippen molar-refractivity contribution in [1.29, 1.82) is 0 Å². The predicted octanol–water partition coefficient (Wildman–Crippen LogP) is 5.28. The number of carbonyl (C=O) groups excluding carboxylic acids is 1. The highest BCUT2D eigenvalue weighted by molar-refractivity contribution is 7.22. The molecule has 2 aromatic carbocycles. The number of nitro benzene ring substituents is 1. The number of rotatable bonds is 9. The maximum absolute atomic E-state index is 13.5. The molecule has 0 saturated carbocycles. The Morgan fingerprint density at radius 2 is 1.94 bits per heavy atom. The first-order chi connectivity index (χ1) is 14.9. The van der Waals surface area contributed by atoms with Crippen LogP contribution in [-0.2, 0) is 0 Å². The summed E-state index contributed by atoms with van der Waals surface area (Å²) in [6.07, 6.45) is 0. The van der Waals surface area contributed by atoms with Gasteiger partial charge in [0, 0.05) is 24.2 Å². The van der Waals surface area contributed by atoms with E-state index in [1.807, 2.05) is 26.0 Å². The monoisotopic (exact) mass is 498 g/mol. The number of nitrogens with zero attached hydrogens (tertiary/aromatic N) is 4. The summed E-state index contributed by atoms with van der Waals surface area (Å²) in [6, 6.07) is 9.54. The van der Waals surface area contributed by atoms with Crippen molar-refractivity contribution < 1.29 is 14.5 Å². The van der Waals surface area contributed by atoms with Crippen molar-refractivity contribution in [3.8, 4) is 5.75 Å². The molecule has 0 aliphatic rings. The summed E-state index contributed by atoms with van der Waals surface area (Å²) in [5.41, 5.74) is 0.287. The van der Waals surface area contributed by atoms with Crippen LogP contribution in [0.1, 0.15) is 24.2 Å². The number of halogens is 2. The van der Waals surface area contributed by atoms with E-state index in [0.29, 0.717) is 29.5 Å². The Hall–Kier alpha value is -2.46. The molecule has 1 amide bonds. The number of anilines is 1. The van der Waals surface area contributed by atoms with Crippen molar-refractivity contribution in [1.82, 2.24) is 9.88 Å². The summed E-state index contributed by atoms with van der Waals surface area (Å²) in [4.78, 5) is 32.8. The van der Waals surface area contributed by atoms with Crippen molar-refractivity contribution >= 4 is 62.3 Å². The van der Waals surface area contributed by atoms with Crippen LogP contribution in [0.15, 0.2) is 36.4 Å². The smallest absolute Gasteiger partial charge is 0.282 e. The van der Waals surface area contributed by atoms with Gasteiger partial charge in [-0.1, -0.05) is 42.9 Å². The first-order valence-corrected chi connectivity index (χ1v) is 11.0. The molecule has 0 aliphatic carbocycles. The molecule has 32 heavy (non-hydrogen) atoms. The predicted molar refractivity (Wildman–Crippen MR) is 131 cm³/mol. The number of benzene rings is 2. The molecular weight excluding hydrogens is 475 g/mol. The molecule has 0 spiro atoms. The number of fused-ring (bicyclic) bond motifs is 1. The van der Waals surface area contributed by atoms with E-state index < -0.39 is 10.8 Å². The van der Waals surface area contributed by atoms with E-state index >= 15 is 0 Å². The van der Waals surface area contributed by atoms with E-state index in [0.717, 1.165) is 17.8 Å². The van der Waals surface area contributed by atoms with Gasteiger partial charge in [0.05, 0.1) is 16.7 Å². The summed E-state index contributed by atoms with van der Waals surface area (Å²) in [5, 5.41) is 12.2. The van der Waals surface area contributed by atoms with Crippen LogP contribution in [0, 0.1) is 10.1 Å². The first-order valence-electron chi connectivity index (χ1n) is 9.81. The van der Waals surface area contributed by atoms with Crippen LogP contribution in [0.4, 0.5) is 10.8 Å². The van der Waals surface area contributed by atoms with Crippen LogP contribution in [0.2, 0.25) is 5.02 Å². The van der Waals surface area contributed by atoms with Crippen molar-refractivity contribution in [3.05, 3.63) is 57.1 Å². The lowest BCUT2D eigenvalue weighted by atomic mass is 10.1. The molecule has 1 heterocycles. The summed E-state index contributed by atoms with van der Waals surface area (Å²) in [5.74, 6) is 0.0873. The second-order valence-corrected chi connectivity index (χ2v) is 8.15. The Kier molecular flexibility index (Phi) is 9.21. The van der Waals surface area contributed by atoms with Crippen LogP contribution in [-0.4, -0.2) is 54.0 Å². The number of para-hydroxylation sites is 1. The van der Waals surface area contributed by atoms with Gasteiger partial charge in [-0.15, -0.1) is 12.4 Å². The minimum absolute atomic E-state index is 0. The fourth-order valence-electron chi connectivity index (χ4n) is 3.24. The molecule has 0 saturated heterocycles. The van der Waals surface area contributed by atoms with E-state index in [2.05, 4.69) is 9.88 Å². The Morgan fingerprint density at radius 3 is 2.56 bits per heavy atom. The van der Waals surface area contributed by atoms with Gasteiger partial charge in [0.1, 0.15) is 16.8 Å². The van der Waals surface area contributed by atoms with Crippen molar-refractivity contribution in [3.63, 3.8) is 0 Å². The summed E-state index contributed by atoms with van der Waals surface area (Å²) >= 11 is 7.40. The maximum atomic E-state index is 13.5. The van der Waals surface area contributed by atoms with E-state index in [4.69, 9.17) is 16.3 Å². The Bertz CT molecular complexity index is 1100. The number of amides is 1. The average Bonchev–Trinajstić information content (AvgIpc) is 3.20. The molecule has 0 radical (unpaired) electrons. The number of carbonyl (C=O) groups is 1. The second kappa shape index (κ2) is 11.4. The molecule has 3 aromatic rings. The van der Waals surface area contributed by atoms with Gasteiger partial charge in [0.25, 0.3) is 11.6 Å². The number of ether oxygens (including phenoxy) is 1. The van der Waals surface area contributed by atoms with Gasteiger partial charge in [-0.05, 0) is 37.4 Å². The molecule has 0 aliphatic heterocycles. The summed E-state index contributed by atoms with van der Waals surface area (Å²) in [6.45, 7) is 6.65. The fraction of sp³-hybridized carbons (Fsp3) is 0.333. The van der Waals surface area contributed by atoms with Gasteiger partial charge in [-0.3, -0.25) is 19.8 Å². The van der Waals surface area contributed by atoms with Crippen molar-refractivity contribution in [2.24, 2.45) is 0 Å². The zero-order valence-corrected chi connectivity index (χ0v) is 20.3. The molecule has 172 valence electrons. The molecule has 1 aromatic heterocycles. The first kappa shape index (κ1) is 25.8. The fourth-order valence-corrected chi connectivity index (χ4v) is 4.42. The Morgan fingerprint density at radius 1 is 1.22 bits per heavy atom. The third kappa shape index (κ3) is 5.47. The van der Waals surface area contributed by atoms with Gasteiger partial charge < -0.3 is 9.64 Å². The van der Waals surface area contributed by atoms with E-state index in [-0.39, 0.29) is 28.7 Å². The zero-order valence-electron chi connectivity index (χ0n) is 17.9. The molecule has 0 fully saturated rings. The number of nitro groups is 1. The molecule has 3 rings (SSSR count). The topological polar surface area (TPSA) is 88.8 Å². The van der Waals surface area contributed by atoms with Gasteiger partial charge in [0.15, 0.2) is 5.13 Å². The lowest BCUT2D eigenvalue weighted by Gasteiger charge is -2.24. The number of likely N-dealkylation sites (N-methyl/N-ethyl adjacent to an activating group) is 1. The van der Waals surface area contributed by atoms with Crippen LogP contribution in [0.5, 0.6) is 5.75 Å².